The van der Waals surface area contributed by atoms with Gasteiger partial charge in [-0.15, -0.1) is 0 Å². The SMILES string of the molecule is [CH2-]CCN(CCN)C(=O)CC(NC(=O)C(N)CO)C(=O)NC(Cc1ccc(C(F)(F)F)cc1)C(=O)Nc1c[nH+]c2ccccc2c1. The molecule has 2 aromatic carbocycles. The van der Waals surface area contributed by atoms with Gasteiger partial charge >= 0.3 is 6.18 Å². The molecule has 1 heterocycles. The lowest BCUT2D eigenvalue weighted by atomic mass is 10.0. The molecule has 0 radical (unpaired) electrons. The molecule has 0 saturated carbocycles. The fourth-order valence-electron chi connectivity index (χ4n) is 4.55. The number of aromatic amines is 1. The Morgan fingerprint density at radius 2 is 1.63 bits per heavy atom. The Morgan fingerprint density at radius 3 is 2.26 bits per heavy atom. The number of carbonyl (C=O) groups excluding carboxylic acids is 4. The number of para-hydroxylation sites is 1. The number of aromatic nitrogens is 1. The molecule has 15 heteroatoms. The number of hydrogen-bond acceptors (Lipinski definition) is 7. The first kappa shape index (κ1) is 35.9. The number of nitrogens with one attached hydrogen (secondary N) is 4. The Kier molecular flexibility index (Phi) is 13.0. The van der Waals surface area contributed by atoms with E-state index in [0.717, 1.165) is 23.0 Å². The summed E-state index contributed by atoms with van der Waals surface area (Å²) >= 11 is 0. The van der Waals surface area contributed by atoms with Gasteiger partial charge in [0.15, 0.2) is 6.20 Å². The summed E-state index contributed by atoms with van der Waals surface area (Å²) < 4.78 is 39.4. The number of halogens is 3. The molecule has 12 nitrogen and oxygen atoms in total. The van der Waals surface area contributed by atoms with Gasteiger partial charge in [-0.2, -0.15) is 19.6 Å². The molecule has 9 N–H and O–H groups in total. The number of amides is 4. The van der Waals surface area contributed by atoms with E-state index in [9.17, 15) is 37.5 Å². The Hall–Kier alpha value is -4.60. The monoisotopic (exact) mass is 645 g/mol. The van der Waals surface area contributed by atoms with Crippen LogP contribution in [-0.4, -0.2) is 78.0 Å². The molecule has 1 aromatic heterocycles. The van der Waals surface area contributed by atoms with E-state index < -0.39 is 66.5 Å². The lowest BCUT2D eigenvalue weighted by Crippen LogP contribution is -2.57. The molecule has 4 amide bonds. The third-order valence-corrected chi connectivity index (χ3v) is 7.00. The molecule has 3 unspecified atom stereocenters. The van der Waals surface area contributed by atoms with Gasteiger partial charge in [-0.3, -0.25) is 19.2 Å². The number of aliphatic hydroxyl groups excluding tert-OH is 1. The number of carbonyl (C=O) groups is 4. The van der Waals surface area contributed by atoms with Crippen LogP contribution in [-0.2, 0) is 31.8 Å². The molecule has 0 bridgehead atoms. The molecule has 0 saturated heterocycles. The molecule has 0 spiro atoms. The number of alkyl halides is 3. The summed E-state index contributed by atoms with van der Waals surface area (Å²) in [6, 6.07) is 8.76. The van der Waals surface area contributed by atoms with Crippen LogP contribution in [0.4, 0.5) is 18.9 Å². The summed E-state index contributed by atoms with van der Waals surface area (Å²) in [5, 5.41) is 17.7. The predicted octanol–water partition coefficient (Wildman–Crippen LogP) is 0.545. The van der Waals surface area contributed by atoms with Gasteiger partial charge in [0, 0.05) is 31.0 Å². The summed E-state index contributed by atoms with van der Waals surface area (Å²) in [5.74, 6) is -3.12. The molecule has 248 valence electrons. The maximum atomic E-state index is 13.6. The summed E-state index contributed by atoms with van der Waals surface area (Å²) in [7, 11) is 0. The molecule has 3 atom stereocenters. The second-order valence-electron chi connectivity index (χ2n) is 10.5. The minimum Gasteiger partial charge on any atom is -0.394 e. The van der Waals surface area contributed by atoms with Crippen molar-refractivity contribution in [3.63, 3.8) is 0 Å². The lowest BCUT2D eigenvalue weighted by molar-refractivity contribution is -0.343. The minimum absolute atomic E-state index is 0.131. The number of fused-ring (bicyclic) bond motifs is 1. The summed E-state index contributed by atoms with van der Waals surface area (Å²) in [6.07, 6.45) is -3.46. The maximum Gasteiger partial charge on any atom is 0.416 e. The van der Waals surface area contributed by atoms with Crippen LogP contribution in [0, 0.1) is 6.92 Å². The van der Waals surface area contributed by atoms with E-state index in [-0.39, 0.29) is 26.1 Å². The number of benzene rings is 2. The Morgan fingerprint density at radius 1 is 0.957 bits per heavy atom. The first-order valence-electron chi connectivity index (χ1n) is 14.5. The molecular formula is C31H38F3N7O5. The van der Waals surface area contributed by atoms with Crippen LogP contribution < -0.4 is 32.4 Å². The minimum atomic E-state index is -4.57. The smallest absolute Gasteiger partial charge is 0.394 e. The van der Waals surface area contributed by atoms with Crippen molar-refractivity contribution in [3.8, 4) is 0 Å². The molecule has 3 aromatic rings. The fraction of sp³-hybridized carbons (Fsp3) is 0.355. The second kappa shape index (κ2) is 16.6. The van der Waals surface area contributed by atoms with Gasteiger partial charge in [0.25, 0.3) is 0 Å². The number of hydrogen-bond donors (Lipinski definition) is 6. The third-order valence-electron chi connectivity index (χ3n) is 7.00. The Balaban J connectivity index is 1.91. The van der Waals surface area contributed by atoms with Gasteiger partial charge in [0.1, 0.15) is 23.8 Å². The van der Waals surface area contributed by atoms with Crippen LogP contribution >= 0.6 is 0 Å². The first-order valence-corrected chi connectivity index (χ1v) is 14.5. The van der Waals surface area contributed by atoms with E-state index in [1.54, 1.807) is 12.1 Å². The fourth-order valence-corrected chi connectivity index (χ4v) is 4.55. The molecule has 3 rings (SSSR count). The summed E-state index contributed by atoms with van der Waals surface area (Å²) in [5.41, 5.74) is 11.8. The van der Waals surface area contributed by atoms with Crippen LogP contribution in [0.5, 0.6) is 0 Å². The van der Waals surface area contributed by atoms with E-state index >= 15 is 0 Å². The van der Waals surface area contributed by atoms with Gasteiger partial charge in [0.05, 0.1) is 18.6 Å². The van der Waals surface area contributed by atoms with Crippen LogP contribution in [0.25, 0.3) is 10.9 Å². The predicted molar refractivity (Wildman–Crippen MR) is 163 cm³/mol. The molecule has 0 aliphatic heterocycles. The van der Waals surface area contributed by atoms with Crippen molar-refractivity contribution < 1.29 is 42.4 Å². The van der Waals surface area contributed by atoms with Crippen molar-refractivity contribution in [3.05, 3.63) is 78.8 Å². The molecule has 46 heavy (non-hydrogen) atoms. The zero-order valence-corrected chi connectivity index (χ0v) is 25.0. The normalized spacial score (nSPS) is 13.4. The highest BCUT2D eigenvalue weighted by molar-refractivity contribution is 6.00. The van der Waals surface area contributed by atoms with Crippen molar-refractivity contribution >= 4 is 40.2 Å². The highest BCUT2D eigenvalue weighted by Gasteiger charge is 2.32. The number of pyridine rings is 1. The van der Waals surface area contributed by atoms with E-state index in [1.165, 1.54) is 23.2 Å². The highest BCUT2D eigenvalue weighted by atomic mass is 19.4. The van der Waals surface area contributed by atoms with E-state index in [2.05, 4.69) is 27.9 Å². The summed E-state index contributed by atoms with van der Waals surface area (Å²) in [6.45, 7) is 3.50. The Bertz CT molecular complexity index is 1500. The highest BCUT2D eigenvalue weighted by Crippen LogP contribution is 2.29. The van der Waals surface area contributed by atoms with E-state index in [0.29, 0.717) is 17.7 Å². The van der Waals surface area contributed by atoms with Gasteiger partial charge < -0.3 is 44.3 Å². The van der Waals surface area contributed by atoms with Crippen molar-refractivity contribution in [1.29, 1.82) is 0 Å². The average Bonchev–Trinajstić information content (AvgIpc) is 3.03. The Labute approximate surface area is 263 Å². The van der Waals surface area contributed by atoms with Gasteiger partial charge in [0.2, 0.25) is 29.1 Å². The van der Waals surface area contributed by atoms with Gasteiger partial charge in [-0.05, 0) is 36.4 Å². The number of nitrogens with two attached hydrogens (primary N) is 2. The average molecular weight is 646 g/mol. The number of anilines is 1. The van der Waals surface area contributed by atoms with E-state index in [1.807, 2.05) is 18.2 Å². The van der Waals surface area contributed by atoms with Gasteiger partial charge in [-0.25, -0.2) is 4.98 Å². The van der Waals surface area contributed by atoms with Crippen molar-refractivity contribution in [2.24, 2.45) is 11.5 Å². The first-order chi connectivity index (χ1) is 21.9. The van der Waals surface area contributed by atoms with E-state index in [4.69, 9.17) is 11.5 Å². The molecule has 0 aliphatic carbocycles. The number of aliphatic hydroxyl groups is 1. The zero-order valence-electron chi connectivity index (χ0n) is 25.0. The summed E-state index contributed by atoms with van der Waals surface area (Å²) in [4.78, 5) is 57.2. The third kappa shape index (κ3) is 10.2. The van der Waals surface area contributed by atoms with Crippen LogP contribution in [0.15, 0.2) is 60.8 Å². The van der Waals surface area contributed by atoms with Crippen molar-refractivity contribution in [1.82, 2.24) is 15.5 Å². The van der Waals surface area contributed by atoms with Crippen LogP contribution in [0.1, 0.15) is 24.0 Å². The van der Waals surface area contributed by atoms with Gasteiger partial charge in [-0.1, -0.05) is 24.3 Å². The molecular weight excluding hydrogens is 607 g/mol. The molecule has 0 aliphatic rings. The topological polar surface area (TPSA) is 194 Å². The van der Waals surface area contributed by atoms with Crippen molar-refractivity contribution in [2.45, 2.75) is 43.6 Å². The quantitative estimate of drug-likeness (QED) is 0.130. The second-order valence-corrected chi connectivity index (χ2v) is 10.5. The standard InChI is InChI=1S/C31H37F3N7O5/c1-2-12-41(13-11-35)27(43)16-26(39-28(44)23(36)18-42)30(46)40-25(14-19-7-9-21(10-8-19)31(32,33)34)29(45)38-22-15-20-5-3-4-6-24(20)37-17-22/h3-10,15,17,23,25-26,42H,1-2,11-14,16,18,35-36H2,(H,38,45)(H,39,44)(H,40,46)/q-1/p+1. The largest absolute Gasteiger partial charge is 0.416 e. The number of H-pyrrole nitrogens is 1. The van der Waals surface area contributed by atoms with Crippen LogP contribution in [0.2, 0.25) is 0 Å². The lowest BCUT2D eigenvalue weighted by Gasteiger charge is -2.27. The zero-order chi connectivity index (χ0) is 33.9. The maximum absolute atomic E-state index is 13.6. The number of rotatable bonds is 15. The van der Waals surface area contributed by atoms with Crippen molar-refractivity contribution in [2.75, 3.05) is 31.6 Å². The van der Waals surface area contributed by atoms with Crippen LogP contribution in [0.3, 0.4) is 0 Å². The molecule has 0 fully saturated rings. The number of nitrogens with zero attached hydrogens (tertiary/aromatic N) is 1.